The Bertz CT molecular complexity index is 1180. The zero-order valence-corrected chi connectivity index (χ0v) is 17.2. The Morgan fingerprint density at radius 2 is 1.40 bits per heavy atom. The minimum Gasteiger partial charge on any atom is -0.457 e. The molecule has 35 heavy (non-hydrogen) atoms. The van der Waals surface area contributed by atoms with Crippen molar-refractivity contribution >= 4 is 5.69 Å². The largest absolute Gasteiger partial charge is 0.460 e. The van der Waals surface area contributed by atoms with Crippen LogP contribution >= 0.6 is 0 Å². The van der Waals surface area contributed by atoms with E-state index in [1.165, 1.54) is 36.4 Å². The first kappa shape index (κ1) is 26.1. The van der Waals surface area contributed by atoms with Crippen LogP contribution in [0.25, 0.3) is 0 Å². The first-order valence-electron chi connectivity index (χ1n) is 9.58. The van der Waals surface area contributed by atoms with Crippen LogP contribution in [-0.4, -0.2) is 17.1 Å². The monoisotopic (exact) mass is 512 g/mol. The number of hydrogen-bond acceptors (Lipinski definition) is 3. The lowest BCUT2D eigenvalue weighted by atomic mass is 9.99. The second kappa shape index (κ2) is 9.27. The van der Waals surface area contributed by atoms with Crippen LogP contribution in [0.1, 0.15) is 16.8 Å². The fourth-order valence-corrected chi connectivity index (χ4v) is 2.88. The van der Waals surface area contributed by atoms with E-state index < -0.39 is 35.5 Å². The van der Waals surface area contributed by atoms with Crippen molar-refractivity contribution in [2.75, 3.05) is 5.32 Å². The molecule has 3 aromatic rings. The van der Waals surface area contributed by atoms with E-state index >= 15 is 0 Å². The molecule has 0 unspecified atom stereocenters. The van der Waals surface area contributed by atoms with Crippen molar-refractivity contribution in [1.29, 1.82) is 0 Å². The number of benzene rings is 2. The van der Waals surface area contributed by atoms with Crippen LogP contribution in [0.3, 0.4) is 0 Å². The van der Waals surface area contributed by atoms with E-state index in [-0.39, 0.29) is 23.6 Å². The van der Waals surface area contributed by atoms with Gasteiger partial charge >= 0.3 is 24.2 Å². The highest BCUT2D eigenvalue weighted by molar-refractivity contribution is 5.49. The summed E-state index contributed by atoms with van der Waals surface area (Å²) in [5.41, 5.74) is -2.42. The molecular weight excluding hydrogens is 498 g/mol. The molecule has 3 rings (SSSR count). The minimum absolute atomic E-state index is 0.0320. The summed E-state index contributed by atoms with van der Waals surface area (Å²) >= 11 is 0. The van der Waals surface area contributed by atoms with Gasteiger partial charge in [0.2, 0.25) is 0 Å². The number of nitrogens with zero attached hydrogens (tertiary/aromatic N) is 1. The molecule has 0 saturated heterocycles. The predicted molar refractivity (Wildman–Crippen MR) is 104 cm³/mol. The molecule has 0 fully saturated rings. The molecule has 0 aliphatic rings. The van der Waals surface area contributed by atoms with E-state index in [0.29, 0.717) is 23.9 Å². The third kappa shape index (κ3) is 5.77. The van der Waals surface area contributed by atoms with Crippen molar-refractivity contribution in [3.63, 3.8) is 0 Å². The molecule has 1 N–H and O–H groups in total. The van der Waals surface area contributed by atoms with Crippen molar-refractivity contribution in [1.82, 2.24) is 4.98 Å². The fraction of sp³-hybridized carbons (Fsp3) is 0.227. The molecule has 13 heteroatoms. The zero-order chi connectivity index (χ0) is 26.1. The van der Waals surface area contributed by atoms with E-state index in [1.54, 1.807) is 0 Å². The number of nitrogens with one attached hydrogen (secondary N) is 1. The molecular formula is C22H14F10N2O. The maximum Gasteiger partial charge on any atom is 0.460 e. The Hall–Kier alpha value is -3.51. The number of pyridine rings is 1. The third-order valence-corrected chi connectivity index (χ3v) is 4.63. The summed E-state index contributed by atoms with van der Waals surface area (Å²) in [5, 5.41) is 2.74. The molecule has 0 radical (unpaired) electrons. The summed E-state index contributed by atoms with van der Waals surface area (Å²) in [6, 6.07) is 10.7. The maximum absolute atomic E-state index is 14.0. The highest BCUT2D eigenvalue weighted by Crippen LogP contribution is 2.51. The van der Waals surface area contributed by atoms with Crippen LogP contribution in [0.5, 0.6) is 11.5 Å². The van der Waals surface area contributed by atoms with E-state index in [9.17, 15) is 43.9 Å². The van der Waals surface area contributed by atoms with E-state index in [1.807, 2.05) is 0 Å². The summed E-state index contributed by atoms with van der Waals surface area (Å²) < 4.78 is 136. The molecule has 0 spiro atoms. The zero-order valence-electron chi connectivity index (χ0n) is 17.2. The second-order valence-corrected chi connectivity index (χ2v) is 7.20. The van der Waals surface area contributed by atoms with Gasteiger partial charge < -0.3 is 10.1 Å². The molecule has 0 aliphatic heterocycles. The van der Waals surface area contributed by atoms with Crippen LogP contribution in [0.15, 0.2) is 66.9 Å². The summed E-state index contributed by atoms with van der Waals surface area (Å²) in [6.45, 7) is -0.252. The van der Waals surface area contributed by atoms with E-state index in [0.717, 1.165) is 12.3 Å². The van der Waals surface area contributed by atoms with Crippen molar-refractivity contribution in [3.05, 3.63) is 83.7 Å². The Balaban J connectivity index is 1.73. The van der Waals surface area contributed by atoms with Crippen LogP contribution in [0, 0.1) is 0 Å². The Kier molecular flexibility index (Phi) is 6.91. The van der Waals surface area contributed by atoms with Gasteiger partial charge in [0.15, 0.2) is 0 Å². The lowest BCUT2D eigenvalue weighted by Crippen LogP contribution is -2.50. The highest BCUT2D eigenvalue weighted by Gasteiger charge is 2.73. The van der Waals surface area contributed by atoms with Gasteiger partial charge in [-0.2, -0.15) is 43.9 Å². The lowest BCUT2D eigenvalue weighted by Gasteiger charge is -2.28. The minimum atomic E-state index is -6.46. The Morgan fingerprint density at radius 3 is 2.06 bits per heavy atom. The lowest BCUT2D eigenvalue weighted by molar-refractivity contribution is -0.359. The van der Waals surface area contributed by atoms with Crippen molar-refractivity contribution in [3.8, 4) is 11.5 Å². The Morgan fingerprint density at radius 1 is 0.743 bits per heavy atom. The van der Waals surface area contributed by atoms with Crippen LogP contribution < -0.4 is 10.1 Å². The van der Waals surface area contributed by atoms with Gasteiger partial charge in [-0.15, -0.1) is 0 Å². The number of ether oxygens (including phenoxy) is 1. The fourth-order valence-electron chi connectivity index (χ4n) is 2.88. The summed E-state index contributed by atoms with van der Waals surface area (Å²) in [4.78, 5) is 3.21. The molecule has 2 aromatic carbocycles. The predicted octanol–water partition coefficient (Wildman–Crippen LogP) is 7.79. The number of halogens is 10. The van der Waals surface area contributed by atoms with Crippen LogP contribution in [0.2, 0.25) is 0 Å². The number of anilines is 1. The number of alkyl halides is 10. The smallest absolute Gasteiger partial charge is 0.457 e. The number of aromatic nitrogens is 1. The molecule has 1 aromatic heterocycles. The van der Waals surface area contributed by atoms with Gasteiger partial charge in [0.05, 0.1) is 0 Å². The molecule has 0 saturated carbocycles. The quantitative estimate of drug-likeness (QED) is 0.328. The maximum atomic E-state index is 14.0. The Labute approximate surface area is 191 Å². The molecule has 0 aliphatic carbocycles. The molecule has 1 heterocycles. The topological polar surface area (TPSA) is 34.1 Å². The first-order chi connectivity index (χ1) is 16.1. The molecule has 188 valence electrons. The van der Waals surface area contributed by atoms with Crippen molar-refractivity contribution in [2.45, 2.75) is 30.7 Å². The molecule has 0 bridgehead atoms. The average Bonchev–Trinajstić information content (AvgIpc) is 2.77. The average molecular weight is 512 g/mol. The number of rotatable bonds is 7. The van der Waals surface area contributed by atoms with Gasteiger partial charge in [-0.25, -0.2) is 0 Å². The second-order valence-electron chi connectivity index (χ2n) is 7.20. The summed E-state index contributed by atoms with van der Waals surface area (Å²) in [5.74, 6) is -11.9. The van der Waals surface area contributed by atoms with E-state index in [4.69, 9.17) is 4.74 Å². The van der Waals surface area contributed by atoms with Gasteiger partial charge in [0.25, 0.3) is 0 Å². The SMILES string of the molecule is FC(F)(F)c1cc(Oc2cccc(NCc3cccc(C(F)(F)C(F)(F)C(F)(F)F)c3)c2)ccn1. The molecule has 3 nitrogen and oxygen atoms in total. The standard InChI is InChI=1S/C22H14F10N2O/c23-19(24,21(28,29)22(30,31)32)14-4-1-3-13(9-14)12-34-15-5-2-6-16(10-15)35-17-7-8-33-18(11-17)20(25,26)27/h1-11,34H,12H2. The molecule has 0 amide bonds. The van der Waals surface area contributed by atoms with Gasteiger partial charge in [0.1, 0.15) is 17.2 Å². The normalized spacial score (nSPS) is 13.0. The van der Waals surface area contributed by atoms with E-state index in [2.05, 4.69) is 10.3 Å². The van der Waals surface area contributed by atoms with Gasteiger partial charge in [-0.05, 0) is 29.8 Å². The van der Waals surface area contributed by atoms with Crippen LogP contribution in [0.4, 0.5) is 49.6 Å². The third-order valence-electron chi connectivity index (χ3n) is 4.63. The molecule has 0 atom stereocenters. The van der Waals surface area contributed by atoms with Gasteiger partial charge in [-0.1, -0.05) is 24.3 Å². The van der Waals surface area contributed by atoms with Crippen LogP contribution in [-0.2, 0) is 18.6 Å². The van der Waals surface area contributed by atoms with Gasteiger partial charge in [-0.3, -0.25) is 4.98 Å². The van der Waals surface area contributed by atoms with Crippen molar-refractivity contribution < 1.29 is 48.6 Å². The first-order valence-corrected chi connectivity index (χ1v) is 9.58. The summed E-state index contributed by atoms with van der Waals surface area (Å²) in [7, 11) is 0. The summed E-state index contributed by atoms with van der Waals surface area (Å²) in [6.07, 6.45) is -10.2. The van der Waals surface area contributed by atoms with Gasteiger partial charge in [0, 0.05) is 36.1 Å². The highest BCUT2D eigenvalue weighted by atomic mass is 19.4. The number of hydrogen-bond donors (Lipinski definition) is 1. The van der Waals surface area contributed by atoms with Crippen molar-refractivity contribution in [2.24, 2.45) is 0 Å².